The Balaban J connectivity index is 0.00000242. The molecule has 0 bridgehead atoms. The largest absolute Gasteiger partial charge is 0.356 e. The second-order valence-electron chi connectivity index (χ2n) is 4.97. The highest BCUT2D eigenvalue weighted by molar-refractivity contribution is 7.15. The summed E-state index contributed by atoms with van der Waals surface area (Å²) in [7, 11) is 0. The summed E-state index contributed by atoms with van der Waals surface area (Å²) in [5.41, 5.74) is 8.06. The van der Waals surface area contributed by atoms with E-state index < -0.39 is 0 Å². The molecule has 0 saturated heterocycles. The van der Waals surface area contributed by atoms with Crippen molar-refractivity contribution < 1.29 is 4.79 Å². The summed E-state index contributed by atoms with van der Waals surface area (Å²) in [5, 5.41) is 3.84. The van der Waals surface area contributed by atoms with Gasteiger partial charge in [-0.15, -0.1) is 23.7 Å². The SMILES string of the molecule is CC(=O)NCCCCc1ccc(-c2ncc(CN)s2)cc1.Cl. The van der Waals surface area contributed by atoms with Gasteiger partial charge in [-0.25, -0.2) is 4.98 Å². The van der Waals surface area contributed by atoms with Gasteiger partial charge in [0.1, 0.15) is 5.01 Å². The Kier molecular flexibility index (Phi) is 8.09. The summed E-state index contributed by atoms with van der Waals surface area (Å²) in [5.74, 6) is 0.0413. The Labute approximate surface area is 141 Å². The van der Waals surface area contributed by atoms with Gasteiger partial charge in [-0.1, -0.05) is 24.3 Å². The molecule has 1 amide bonds. The third kappa shape index (κ3) is 5.75. The summed E-state index contributed by atoms with van der Waals surface area (Å²) < 4.78 is 0. The minimum absolute atomic E-state index is 0. The highest BCUT2D eigenvalue weighted by atomic mass is 35.5. The van der Waals surface area contributed by atoms with Gasteiger partial charge in [-0.2, -0.15) is 0 Å². The first kappa shape index (κ1) is 18.6. The van der Waals surface area contributed by atoms with Crippen molar-refractivity contribution in [2.75, 3.05) is 6.54 Å². The van der Waals surface area contributed by atoms with Crippen LogP contribution in [-0.4, -0.2) is 17.4 Å². The van der Waals surface area contributed by atoms with Crippen molar-refractivity contribution in [3.63, 3.8) is 0 Å². The second-order valence-corrected chi connectivity index (χ2v) is 6.09. The standard InChI is InChI=1S/C16H21N3OS.ClH/c1-12(20)18-9-3-2-4-13-5-7-14(8-6-13)16-19-11-15(10-17)21-16;/h5-8,11H,2-4,9-10,17H2,1H3,(H,18,20);1H. The van der Waals surface area contributed by atoms with E-state index >= 15 is 0 Å². The van der Waals surface area contributed by atoms with Gasteiger partial charge in [-0.05, 0) is 24.8 Å². The van der Waals surface area contributed by atoms with Gasteiger partial charge in [0, 0.05) is 36.7 Å². The summed E-state index contributed by atoms with van der Waals surface area (Å²) >= 11 is 1.64. The van der Waals surface area contributed by atoms with Crippen LogP contribution >= 0.6 is 23.7 Å². The van der Waals surface area contributed by atoms with Crippen molar-refractivity contribution in [1.82, 2.24) is 10.3 Å². The zero-order valence-electron chi connectivity index (χ0n) is 12.7. The number of aromatic nitrogens is 1. The molecule has 2 rings (SSSR count). The molecule has 0 saturated carbocycles. The molecule has 0 atom stereocenters. The van der Waals surface area contributed by atoms with E-state index in [1.165, 1.54) is 5.56 Å². The number of nitrogens with one attached hydrogen (secondary N) is 1. The lowest BCUT2D eigenvalue weighted by Crippen LogP contribution is -2.20. The number of halogens is 1. The average Bonchev–Trinajstić information content (AvgIpc) is 2.96. The molecule has 0 aliphatic heterocycles. The van der Waals surface area contributed by atoms with Crippen molar-refractivity contribution in [2.45, 2.75) is 32.7 Å². The van der Waals surface area contributed by atoms with Crippen LogP contribution in [0, 0.1) is 0 Å². The van der Waals surface area contributed by atoms with Crippen LogP contribution in [0.25, 0.3) is 10.6 Å². The molecule has 0 radical (unpaired) electrons. The zero-order chi connectivity index (χ0) is 15.1. The fourth-order valence-electron chi connectivity index (χ4n) is 2.07. The average molecular weight is 340 g/mol. The summed E-state index contributed by atoms with van der Waals surface area (Å²) in [6.07, 6.45) is 4.96. The Morgan fingerprint density at radius 1 is 1.27 bits per heavy atom. The normalized spacial score (nSPS) is 10.1. The van der Waals surface area contributed by atoms with Gasteiger partial charge in [-0.3, -0.25) is 4.79 Å². The van der Waals surface area contributed by atoms with E-state index in [4.69, 9.17) is 5.73 Å². The molecule has 2 aromatic rings. The maximum absolute atomic E-state index is 10.7. The number of nitrogens with zero attached hydrogens (tertiary/aromatic N) is 1. The fraction of sp³-hybridized carbons (Fsp3) is 0.375. The van der Waals surface area contributed by atoms with Crippen molar-refractivity contribution in [2.24, 2.45) is 5.73 Å². The number of hydrogen-bond acceptors (Lipinski definition) is 4. The predicted molar refractivity (Wildman–Crippen MR) is 94.3 cm³/mol. The minimum Gasteiger partial charge on any atom is -0.356 e. The van der Waals surface area contributed by atoms with Gasteiger partial charge < -0.3 is 11.1 Å². The smallest absolute Gasteiger partial charge is 0.216 e. The third-order valence-corrected chi connectivity index (χ3v) is 4.29. The van der Waals surface area contributed by atoms with Gasteiger partial charge in [0.25, 0.3) is 0 Å². The lowest BCUT2D eigenvalue weighted by Gasteiger charge is -2.04. The third-order valence-electron chi connectivity index (χ3n) is 3.22. The Morgan fingerprint density at radius 2 is 2.00 bits per heavy atom. The van der Waals surface area contributed by atoms with Gasteiger partial charge in [0.05, 0.1) is 0 Å². The maximum Gasteiger partial charge on any atom is 0.216 e. The number of nitrogens with two attached hydrogens (primary N) is 1. The first-order valence-corrected chi connectivity index (χ1v) is 7.99. The quantitative estimate of drug-likeness (QED) is 0.761. The van der Waals surface area contributed by atoms with E-state index in [0.717, 1.165) is 41.3 Å². The van der Waals surface area contributed by atoms with E-state index in [1.807, 2.05) is 6.20 Å². The number of benzene rings is 1. The molecule has 6 heteroatoms. The van der Waals surface area contributed by atoms with Gasteiger partial charge in [0.2, 0.25) is 5.91 Å². The van der Waals surface area contributed by atoms with Crippen LogP contribution in [0.1, 0.15) is 30.2 Å². The van der Waals surface area contributed by atoms with E-state index in [2.05, 4.69) is 34.6 Å². The molecule has 120 valence electrons. The fourth-order valence-corrected chi connectivity index (χ4v) is 2.86. The second kappa shape index (κ2) is 9.56. The molecule has 0 aliphatic carbocycles. The van der Waals surface area contributed by atoms with Crippen LogP contribution in [0.2, 0.25) is 0 Å². The van der Waals surface area contributed by atoms with Crippen molar-refractivity contribution in [3.05, 3.63) is 40.9 Å². The molecule has 3 N–H and O–H groups in total. The van der Waals surface area contributed by atoms with E-state index in [-0.39, 0.29) is 18.3 Å². The zero-order valence-corrected chi connectivity index (χ0v) is 14.3. The topological polar surface area (TPSA) is 68.0 Å². The first-order valence-electron chi connectivity index (χ1n) is 7.17. The Morgan fingerprint density at radius 3 is 2.59 bits per heavy atom. The maximum atomic E-state index is 10.7. The van der Waals surface area contributed by atoms with Crippen LogP contribution < -0.4 is 11.1 Å². The number of hydrogen-bond donors (Lipinski definition) is 2. The monoisotopic (exact) mass is 339 g/mol. The van der Waals surface area contributed by atoms with E-state index in [1.54, 1.807) is 18.3 Å². The highest BCUT2D eigenvalue weighted by Crippen LogP contribution is 2.25. The Bertz CT molecular complexity index is 583. The molecular weight excluding hydrogens is 318 g/mol. The number of thiazole rings is 1. The molecule has 1 heterocycles. The van der Waals surface area contributed by atoms with Crippen molar-refractivity contribution in [3.8, 4) is 10.6 Å². The van der Waals surface area contributed by atoms with E-state index in [0.29, 0.717) is 6.54 Å². The summed E-state index contributed by atoms with van der Waals surface area (Å²) in [6.45, 7) is 2.85. The summed E-state index contributed by atoms with van der Waals surface area (Å²) in [6, 6.07) is 8.53. The molecule has 0 spiro atoms. The van der Waals surface area contributed by atoms with Crippen LogP contribution in [0.5, 0.6) is 0 Å². The lowest BCUT2D eigenvalue weighted by atomic mass is 10.1. The molecule has 1 aromatic carbocycles. The number of aryl methyl sites for hydroxylation is 1. The molecule has 22 heavy (non-hydrogen) atoms. The summed E-state index contributed by atoms with van der Waals surface area (Å²) in [4.78, 5) is 16.2. The molecule has 4 nitrogen and oxygen atoms in total. The molecule has 1 aromatic heterocycles. The molecule has 0 unspecified atom stereocenters. The number of amides is 1. The Hall–Kier alpha value is -1.43. The van der Waals surface area contributed by atoms with Crippen LogP contribution in [-0.2, 0) is 17.8 Å². The lowest BCUT2D eigenvalue weighted by molar-refractivity contribution is -0.118. The molecular formula is C16H22ClN3OS. The molecule has 0 fully saturated rings. The van der Waals surface area contributed by atoms with Crippen LogP contribution in [0.15, 0.2) is 30.5 Å². The van der Waals surface area contributed by atoms with Crippen LogP contribution in [0.3, 0.4) is 0 Å². The van der Waals surface area contributed by atoms with Crippen molar-refractivity contribution >= 4 is 29.7 Å². The number of rotatable bonds is 7. The van der Waals surface area contributed by atoms with Gasteiger partial charge in [0.15, 0.2) is 0 Å². The van der Waals surface area contributed by atoms with E-state index in [9.17, 15) is 4.79 Å². The minimum atomic E-state index is 0. The molecule has 0 aliphatic rings. The highest BCUT2D eigenvalue weighted by Gasteiger charge is 2.04. The van der Waals surface area contributed by atoms with Gasteiger partial charge >= 0.3 is 0 Å². The number of carbonyl (C=O) groups is 1. The van der Waals surface area contributed by atoms with Crippen molar-refractivity contribution in [1.29, 1.82) is 0 Å². The van der Waals surface area contributed by atoms with Crippen LogP contribution in [0.4, 0.5) is 0 Å². The number of carbonyl (C=O) groups excluding carboxylic acids is 1. The number of unbranched alkanes of at least 4 members (excludes halogenated alkanes) is 1. The predicted octanol–water partition coefficient (Wildman–Crippen LogP) is 3.15. The first-order chi connectivity index (χ1) is 10.2.